The standard InChI is InChI=1S/C20H28N4O4/c1-4-14(2)17-18(25)21-16-8-6-5-7-15(16)13-24(17)19(26)22-9-11-23(12-10-22)20(27)28-3/h5-8,14,17H,4,9-13H2,1-3H3,(H,21,25). The molecule has 2 unspecified atom stereocenters. The molecule has 2 atom stereocenters. The SMILES string of the molecule is CCC(C)C1C(=O)Nc2ccccc2CN1C(=O)N1CCN(C(=O)OC)CC1. The van der Waals surface area contributed by atoms with Crippen molar-refractivity contribution in [2.75, 3.05) is 38.6 Å². The highest BCUT2D eigenvalue weighted by atomic mass is 16.5. The summed E-state index contributed by atoms with van der Waals surface area (Å²) in [5.74, 6) is -0.129. The Morgan fingerprint density at radius 2 is 1.82 bits per heavy atom. The molecule has 0 spiro atoms. The van der Waals surface area contributed by atoms with E-state index in [4.69, 9.17) is 4.74 Å². The van der Waals surface area contributed by atoms with Crippen LogP contribution in [0.3, 0.4) is 0 Å². The highest BCUT2D eigenvalue weighted by Gasteiger charge is 2.39. The predicted molar refractivity (Wildman–Crippen MR) is 105 cm³/mol. The lowest BCUT2D eigenvalue weighted by molar-refractivity contribution is -0.122. The highest BCUT2D eigenvalue weighted by Crippen LogP contribution is 2.28. The summed E-state index contributed by atoms with van der Waals surface area (Å²) in [7, 11) is 1.35. The Balaban J connectivity index is 1.83. The first-order valence-electron chi connectivity index (χ1n) is 9.73. The van der Waals surface area contributed by atoms with Crippen molar-refractivity contribution >= 4 is 23.7 Å². The van der Waals surface area contributed by atoms with Gasteiger partial charge in [0, 0.05) is 31.9 Å². The van der Waals surface area contributed by atoms with E-state index in [9.17, 15) is 14.4 Å². The molecule has 0 radical (unpaired) electrons. The number of methoxy groups -OCH3 is 1. The van der Waals surface area contributed by atoms with Crippen molar-refractivity contribution in [3.63, 3.8) is 0 Å². The number of nitrogens with zero attached hydrogens (tertiary/aromatic N) is 3. The van der Waals surface area contributed by atoms with Gasteiger partial charge in [0.05, 0.1) is 13.7 Å². The molecule has 1 aromatic rings. The summed E-state index contributed by atoms with van der Waals surface area (Å²) in [6.45, 7) is 6.07. The van der Waals surface area contributed by atoms with Gasteiger partial charge in [0.25, 0.3) is 0 Å². The van der Waals surface area contributed by atoms with Gasteiger partial charge in [0.1, 0.15) is 6.04 Å². The van der Waals surface area contributed by atoms with Crippen LogP contribution in [-0.2, 0) is 16.1 Å². The van der Waals surface area contributed by atoms with Gasteiger partial charge in [0.2, 0.25) is 5.91 Å². The van der Waals surface area contributed by atoms with E-state index in [1.807, 2.05) is 38.1 Å². The number of fused-ring (bicyclic) bond motifs is 1. The zero-order valence-electron chi connectivity index (χ0n) is 16.7. The molecule has 4 amide bonds. The van der Waals surface area contributed by atoms with E-state index in [0.717, 1.165) is 17.7 Å². The van der Waals surface area contributed by atoms with Crippen LogP contribution in [0, 0.1) is 5.92 Å². The van der Waals surface area contributed by atoms with Gasteiger partial charge >= 0.3 is 12.1 Å². The van der Waals surface area contributed by atoms with E-state index in [2.05, 4.69) is 5.32 Å². The van der Waals surface area contributed by atoms with Gasteiger partial charge in [-0.25, -0.2) is 9.59 Å². The van der Waals surface area contributed by atoms with Crippen molar-refractivity contribution in [2.24, 2.45) is 5.92 Å². The Hall–Kier alpha value is -2.77. The van der Waals surface area contributed by atoms with Crippen LogP contribution in [-0.4, -0.2) is 72.1 Å². The molecule has 1 fully saturated rings. The molecule has 2 aliphatic heterocycles. The Kier molecular flexibility index (Phi) is 6.06. The second-order valence-corrected chi connectivity index (χ2v) is 7.33. The second kappa shape index (κ2) is 8.50. The molecule has 28 heavy (non-hydrogen) atoms. The summed E-state index contributed by atoms with van der Waals surface area (Å²) in [6, 6.07) is 6.88. The number of ether oxygens (including phenoxy) is 1. The fraction of sp³-hybridized carbons (Fsp3) is 0.550. The molecule has 0 aliphatic carbocycles. The van der Waals surface area contributed by atoms with Crippen molar-refractivity contribution in [2.45, 2.75) is 32.9 Å². The molecule has 2 aliphatic rings. The van der Waals surface area contributed by atoms with E-state index in [-0.39, 0.29) is 23.9 Å². The van der Waals surface area contributed by atoms with Gasteiger partial charge in [-0.1, -0.05) is 38.5 Å². The fourth-order valence-corrected chi connectivity index (χ4v) is 3.78. The highest BCUT2D eigenvalue weighted by molar-refractivity contribution is 5.98. The van der Waals surface area contributed by atoms with E-state index in [1.54, 1.807) is 14.7 Å². The molecule has 8 heteroatoms. The van der Waals surface area contributed by atoms with E-state index in [0.29, 0.717) is 32.7 Å². The van der Waals surface area contributed by atoms with Crippen LogP contribution in [0.4, 0.5) is 15.3 Å². The van der Waals surface area contributed by atoms with Crippen LogP contribution >= 0.6 is 0 Å². The third-order valence-corrected chi connectivity index (χ3v) is 5.63. The number of urea groups is 1. The van der Waals surface area contributed by atoms with Gasteiger partial charge in [0.15, 0.2) is 0 Å². The molecule has 1 N–H and O–H groups in total. The van der Waals surface area contributed by atoms with Crippen LogP contribution in [0.5, 0.6) is 0 Å². The van der Waals surface area contributed by atoms with Crippen LogP contribution < -0.4 is 5.32 Å². The Morgan fingerprint density at radius 3 is 2.46 bits per heavy atom. The molecule has 0 bridgehead atoms. The van der Waals surface area contributed by atoms with Crippen LogP contribution in [0.2, 0.25) is 0 Å². The topological polar surface area (TPSA) is 82.2 Å². The van der Waals surface area contributed by atoms with E-state index < -0.39 is 6.04 Å². The lowest BCUT2D eigenvalue weighted by Crippen LogP contribution is -2.57. The van der Waals surface area contributed by atoms with Crippen molar-refractivity contribution in [3.05, 3.63) is 29.8 Å². The smallest absolute Gasteiger partial charge is 0.409 e. The largest absolute Gasteiger partial charge is 0.453 e. The first-order chi connectivity index (χ1) is 13.5. The Bertz CT molecular complexity index is 745. The van der Waals surface area contributed by atoms with E-state index in [1.165, 1.54) is 7.11 Å². The molecule has 8 nitrogen and oxygen atoms in total. The molecule has 2 heterocycles. The first kappa shape index (κ1) is 20.0. The zero-order chi connectivity index (χ0) is 20.3. The summed E-state index contributed by atoms with van der Waals surface area (Å²) in [6.07, 6.45) is 0.404. The molecular weight excluding hydrogens is 360 g/mol. The lowest BCUT2D eigenvalue weighted by atomic mass is 9.97. The minimum absolute atomic E-state index is 0.0228. The molecular formula is C20H28N4O4. The molecule has 152 valence electrons. The van der Waals surface area contributed by atoms with Gasteiger partial charge in [-0.3, -0.25) is 4.79 Å². The summed E-state index contributed by atoms with van der Waals surface area (Å²) in [5.41, 5.74) is 1.68. The molecule has 3 rings (SSSR count). The first-order valence-corrected chi connectivity index (χ1v) is 9.73. The summed E-state index contributed by atoms with van der Waals surface area (Å²) in [4.78, 5) is 43.0. The number of nitrogens with one attached hydrogen (secondary N) is 1. The number of benzene rings is 1. The maximum Gasteiger partial charge on any atom is 0.409 e. The summed E-state index contributed by atoms with van der Waals surface area (Å²) < 4.78 is 4.75. The third kappa shape index (κ3) is 3.90. The number of hydrogen-bond acceptors (Lipinski definition) is 4. The van der Waals surface area contributed by atoms with Crippen molar-refractivity contribution in [3.8, 4) is 0 Å². The van der Waals surface area contributed by atoms with Crippen LogP contribution in [0.25, 0.3) is 0 Å². The lowest BCUT2D eigenvalue weighted by Gasteiger charge is -2.39. The van der Waals surface area contributed by atoms with Gasteiger partial charge in [-0.05, 0) is 17.5 Å². The number of anilines is 1. The minimum Gasteiger partial charge on any atom is -0.453 e. The summed E-state index contributed by atoms with van der Waals surface area (Å²) >= 11 is 0. The van der Waals surface area contributed by atoms with Gasteiger partial charge in [-0.2, -0.15) is 0 Å². The minimum atomic E-state index is -0.538. The average molecular weight is 388 g/mol. The zero-order valence-corrected chi connectivity index (χ0v) is 16.7. The number of carbonyl (C=O) groups is 3. The Morgan fingerprint density at radius 1 is 1.18 bits per heavy atom. The average Bonchev–Trinajstić information content (AvgIpc) is 2.87. The van der Waals surface area contributed by atoms with Crippen molar-refractivity contribution in [1.82, 2.24) is 14.7 Å². The second-order valence-electron chi connectivity index (χ2n) is 7.33. The predicted octanol–water partition coefficient (Wildman–Crippen LogP) is 2.36. The third-order valence-electron chi connectivity index (χ3n) is 5.63. The molecule has 0 saturated carbocycles. The van der Waals surface area contributed by atoms with Gasteiger partial charge < -0.3 is 24.8 Å². The van der Waals surface area contributed by atoms with Crippen molar-refractivity contribution in [1.29, 1.82) is 0 Å². The number of rotatable bonds is 2. The maximum absolute atomic E-state index is 13.4. The number of carbonyl (C=O) groups excluding carboxylic acids is 3. The van der Waals surface area contributed by atoms with Crippen LogP contribution in [0.1, 0.15) is 25.8 Å². The molecule has 1 aromatic carbocycles. The van der Waals surface area contributed by atoms with E-state index >= 15 is 0 Å². The fourth-order valence-electron chi connectivity index (χ4n) is 3.78. The summed E-state index contributed by atoms with van der Waals surface area (Å²) in [5, 5.41) is 2.98. The van der Waals surface area contributed by atoms with Gasteiger partial charge in [-0.15, -0.1) is 0 Å². The number of hydrogen-bond donors (Lipinski definition) is 1. The number of amides is 4. The molecule has 0 aromatic heterocycles. The quantitative estimate of drug-likeness (QED) is 0.843. The monoisotopic (exact) mass is 388 g/mol. The van der Waals surface area contributed by atoms with Crippen LogP contribution in [0.15, 0.2) is 24.3 Å². The number of piperazine rings is 1. The maximum atomic E-state index is 13.4. The Labute approximate surface area is 165 Å². The molecule has 1 saturated heterocycles. The normalized spacial score (nSPS) is 20.8. The number of para-hydroxylation sites is 1. The van der Waals surface area contributed by atoms with Crippen molar-refractivity contribution < 1.29 is 19.1 Å².